The molecule has 5 heteroatoms. The van der Waals surface area contributed by atoms with Crippen LogP contribution in [0.15, 0.2) is 53.3 Å². The number of nitrogens with zero attached hydrogens (tertiary/aromatic N) is 4. The molecule has 25 heavy (non-hydrogen) atoms. The summed E-state index contributed by atoms with van der Waals surface area (Å²) < 4.78 is 5.62. The number of piperidine rings is 1. The Labute approximate surface area is 147 Å². The van der Waals surface area contributed by atoms with Crippen molar-refractivity contribution in [1.29, 1.82) is 0 Å². The Morgan fingerprint density at radius 1 is 1.08 bits per heavy atom. The average molecular weight is 334 g/mol. The van der Waals surface area contributed by atoms with Gasteiger partial charge in [0.1, 0.15) is 0 Å². The van der Waals surface area contributed by atoms with Crippen LogP contribution in [0.4, 0.5) is 0 Å². The van der Waals surface area contributed by atoms with E-state index in [2.05, 4.69) is 51.2 Å². The van der Waals surface area contributed by atoms with Crippen molar-refractivity contribution in [3.63, 3.8) is 0 Å². The molecule has 4 rings (SSSR count). The van der Waals surface area contributed by atoms with Crippen molar-refractivity contribution in [2.24, 2.45) is 0 Å². The molecule has 0 N–H and O–H groups in total. The number of aromatic nitrogens is 3. The molecular formula is C20H22N4O. The van der Waals surface area contributed by atoms with Gasteiger partial charge in [0.05, 0.1) is 6.04 Å². The van der Waals surface area contributed by atoms with Crippen LogP contribution >= 0.6 is 0 Å². The Bertz CT molecular complexity index is 813. The summed E-state index contributed by atoms with van der Waals surface area (Å²) in [4.78, 5) is 11.2. The topological polar surface area (TPSA) is 55.1 Å². The number of pyridine rings is 1. The lowest BCUT2D eigenvalue weighted by atomic mass is 10.0. The fourth-order valence-electron chi connectivity index (χ4n) is 3.38. The summed E-state index contributed by atoms with van der Waals surface area (Å²) in [5, 5.41) is 4.17. The number of aryl methyl sites for hydroxylation is 1. The van der Waals surface area contributed by atoms with Gasteiger partial charge in [-0.25, -0.2) is 0 Å². The normalized spacial score (nSPS) is 18.4. The quantitative estimate of drug-likeness (QED) is 0.717. The highest BCUT2D eigenvalue weighted by Gasteiger charge is 2.29. The third kappa shape index (κ3) is 3.61. The zero-order valence-electron chi connectivity index (χ0n) is 14.4. The van der Waals surface area contributed by atoms with Crippen LogP contribution in [0, 0.1) is 6.92 Å². The molecule has 0 unspecified atom stereocenters. The van der Waals surface area contributed by atoms with Crippen LogP contribution in [-0.2, 0) is 6.54 Å². The number of likely N-dealkylation sites (tertiary alicyclic amines) is 1. The minimum Gasteiger partial charge on any atom is -0.337 e. The van der Waals surface area contributed by atoms with E-state index in [0.717, 1.165) is 31.0 Å². The molecule has 128 valence electrons. The summed E-state index contributed by atoms with van der Waals surface area (Å²) in [5.41, 5.74) is 3.55. The summed E-state index contributed by atoms with van der Waals surface area (Å²) in [7, 11) is 0. The second kappa shape index (κ2) is 7.15. The summed E-state index contributed by atoms with van der Waals surface area (Å²) in [6.45, 7) is 4.09. The van der Waals surface area contributed by atoms with Crippen molar-refractivity contribution in [3.8, 4) is 11.4 Å². The molecule has 0 aliphatic carbocycles. The van der Waals surface area contributed by atoms with E-state index in [0.29, 0.717) is 5.82 Å². The van der Waals surface area contributed by atoms with Crippen LogP contribution in [0.5, 0.6) is 0 Å². The average Bonchev–Trinajstić information content (AvgIpc) is 3.15. The molecule has 0 amide bonds. The Kier molecular flexibility index (Phi) is 4.57. The van der Waals surface area contributed by atoms with E-state index in [1.54, 1.807) is 12.4 Å². The SMILES string of the molecule is Cc1ccc(CN2CCCC[C@@H]2c2nc(-c3ccncc3)no2)cc1. The maximum Gasteiger partial charge on any atom is 0.244 e. The van der Waals surface area contributed by atoms with Crippen molar-refractivity contribution in [1.82, 2.24) is 20.0 Å². The van der Waals surface area contributed by atoms with E-state index in [4.69, 9.17) is 4.52 Å². The van der Waals surface area contributed by atoms with Gasteiger partial charge < -0.3 is 4.52 Å². The smallest absolute Gasteiger partial charge is 0.244 e. The molecule has 1 aromatic carbocycles. The van der Waals surface area contributed by atoms with Crippen LogP contribution in [0.2, 0.25) is 0 Å². The predicted molar refractivity (Wildman–Crippen MR) is 95.7 cm³/mol. The zero-order valence-corrected chi connectivity index (χ0v) is 14.4. The van der Waals surface area contributed by atoms with E-state index < -0.39 is 0 Å². The first-order valence-corrected chi connectivity index (χ1v) is 8.83. The third-order valence-corrected chi connectivity index (χ3v) is 4.79. The van der Waals surface area contributed by atoms with Crippen LogP contribution in [-0.4, -0.2) is 26.6 Å². The number of rotatable bonds is 4. The zero-order chi connectivity index (χ0) is 17.1. The van der Waals surface area contributed by atoms with E-state index >= 15 is 0 Å². The first kappa shape index (κ1) is 16.0. The highest BCUT2D eigenvalue weighted by molar-refractivity contribution is 5.52. The lowest BCUT2D eigenvalue weighted by Gasteiger charge is -2.33. The van der Waals surface area contributed by atoms with Crippen LogP contribution < -0.4 is 0 Å². The number of hydrogen-bond donors (Lipinski definition) is 0. The van der Waals surface area contributed by atoms with E-state index in [1.165, 1.54) is 24.0 Å². The second-order valence-electron chi connectivity index (χ2n) is 6.66. The molecule has 0 bridgehead atoms. The molecule has 3 aromatic rings. The molecule has 2 aromatic heterocycles. The predicted octanol–water partition coefficient (Wildman–Crippen LogP) is 4.17. The third-order valence-electron chi connectivity index (χ3n) is 4.79. The van der Waals surface area contributed by atoms with Gasteiger partial charge >= 0.3 is 0 Å². The Balaban J connectivity index is 1.55. The van der Waals surface area contributed by atoms with E-state index in [1.807, 2.05) is 12.1 Å². The van der Waals surface area contributed by atoms with Gasteiger partial charge in [0.15, 0.2) is 0 Å². The van der Waals surface area contributed by atoms with Gasteiger partial charge in [0.2, 0.25) is 11.7 Å². The van der Waals surface area contributed by atoms with Crippen molar-refractivity contribution in [2.45, 2.75) is 38.8 Å². The Hall–Kier alpha value is -2.53. The summed E-state index contributed by atoms with van der Waals surface area (Å²) >= 11 is 0. The lowest BCUT2D eigenvalue weighted by Crippen LogP contribution is -2.33. The molecular weight excluding hydrogens is 312 g/mol. The van der Waals surface area contributed by atoms with Gasteiger partial charge in [0.25, 0.3) is 0 Å². The molecule has 1 aliphatic rings. The van der Waals surface area contributed by atoms with Gasteiger partial charge in [-0.05, 0) is 44.0 Å². The van der Waals surface area contributed by atoms with Gasteiger partial charge in [-0.15, -0.1) is 0 Å². The molecule has 5 nitrogen and oxygen atoms in total. The minimum absolute atomic E-state index is 0.193. The van der Waals surface area contributed by atoms with Crippen molar-refractivity contribution in [2.75, 3.05) is 6.54 Å². The van der Waals surface area contributed by atoms with Crippen molar-refractivity contribution < 1.29 is 4.52 Å². The van der Waals surface area contributed by atoms with Crippen molar-refractivity contribution >= 4 is 0 Å². The Morgan fingerprint density at radius 3 is 2.68 bits per heavy atom. The van der Waals surface area contributed by atoms with Crippen LogP contribution in [0.25, 0.3) is 11.4 Å². The molecule has 0 saturated carbocycles. The molecule has 3 heterocycles. The number of benzene rings is 1. The van der Waals surface area contributed by atoms with Crippen molar-refractivity contribution in [3.05, 3.63) is 65.8 Å². The summed E-state index contributed by atoms with van der Waals surface area (Å²) in [5.74, 6) is 1.36. The van der Waals surface area contributed by atoms with E-state index in [-0.39, 0.29) is 6.04 Å². The maximum absolute atomic E-state index is 5.62. The van der Waals surface area contributed by atoms with Gasteiger partial charge in [-0.2, -0.15) is 4.98 Å². The minimum atomic E-state index is 0.193. The van der Waals surface area contributed by atoms with E-state index in [9.17, 15) is 0 Å². The first-order chi connectivity index (χ1) is 12.3. The summed E-state index contributed by atoms with van der Waals surface area (Å²) in [6, 6.07) is 12.7. The largest absolute Gasteiger partial charge is 0.337 e. The second-order valence-corrected chi connectivity index (χ2v) is 6.66. The van der Waals surface area contributed by atoms with Crippen LogP contribution in [0.3, 0.4) is 0 Å². The van der Waals surface area contributed by atoms with Gasteiger partial charge in [-0.1, -0.05) is 41.4 Å². The highest BCUT2D eigenvalue weighted by Crippen LogP contribution is 2.32. The number of hydrogen-bond acceptors (Lipinski definition) is 5. The monoisotopic (exact) mass is 334 g/mol. The van der Waals surface area contributed by atoms with Crippen LogP contribution in [0.1, 0.15) is 42.3 Å². The molecule has 1 atom stereocenters. The summed E-state index contributed by atoms with van der Waals surface area (Å²) in [6.07, 6.45) is 6.96. The van der Waals surface area contributed by atoms with Gasteiger partial charge in [-0.3, -0.25) is 9.88 Å². The Morgan fingerprint density at radius 2 is 1.88 bits per heavy atom. The van der Waals surface area contributed by atoms with Gasteiger partial charge in [0, 0.05) is 24.5 Å². The molecule has 0 spiro atoms. The molecule has 1 aliphatic heterocycles. The molecule has 1 fully saturated rings. The first-order valence-electron chi connectivity index (χ1n) is 8.83. The molecule has 0 radical (unpaired) electrons. The fraction of sp³-hybridized carbons (Fsp3) is 0.350. The lowest BCUT2D eigenvalue weighted by molar-refractivity contribution is 0.111. The standard InChI is InChI=1S/C20H22N4O/c1-15-5-7-16(8-6-15)14-24-13-3-2-4-18(24)20-22-19(23-25-20)17-9-11-21-12-10-17/h5-12,18H,2-4,13-14H2,1H3/t18-/m1/s1. The fourth-order valence-corrected chi connectivity index (χ4v) is 3.38. The highest BCUT2D eigenvalue weighted by atomic mass is 16.5. The molecule has 1 saturated heterocycles. The maximum atomic E-state index is 5.62.